The number of ether oxygens (including phenoxy) is 2. The Balaban J connectivity index is 0.00000208. The molecule has 2 aromatic rings. The van der Waals surface area contributed by atoms with Crippen LogP contribution in [0.15, 0.2) is 46.7 Å². The van der Waals surface area contributed by atoms with Gasteiger partial charge in [-0.2, -0.15) is 0 Å². The van der Waals surface area contributed by atoms with Crippen LogP contribution < -0.4 is 14.5 Å². The number of nitrogens with one attached hydrogen (secondary N) is 1. The van der Waals surface area contributed by atoms with Gasteiger partial charge >= 0.3 is 0 Å². The summed E-state index contributed by atoms with van der Waals surface area (Å²) in [5.41, 5.74) is 1.59. The molecule has 1 aliphatic carbocycles. The molecule has 0 fully saturated rings. The van der Waals surface area contributed by atoms with Crippen LogP contribution in [0.25, 0.3) is 11.3 Å². The van der Waals surface area contributed by atoms with Crippen LogP contribution in [0.1, 0.15) is 12.1 Å². The molecule has 126 valence electrons. The molecular formula is C16H16ClN3O4. The number of benzene rings is 1. The number of rotatable bonds is 4. The Morgan fingerprint density at radius 3 is 2.46 bits per heavy atom. The second-order valence-corrected chi connectivity index (χ2v) is 4.89. The third-order valence-corrected chi connectivity index (χ3v) is 3.56. The van der Waals surface area contributed by atoms with E-state index in [-0.39, 0.29) is 23.8 Å². The summed E-state index contributed by atoms with van der Waals surface area (Å²) < 4.78 is 16.4. The second kappa shape index (κ2) is 7.18. The zero-order valence-electron chi connectivity index (χ0n) is 13.1. The van der Waals surface area contributed by atoms with E-state index in [9.17, 15) is 5.11 Å². The van der Waals surface area contributed by atoms with Crippen molar-refractivity contribution in [2.75, 3.05) is 14.2 Å². The number of hydrogen-bond acceptors (Lipinski definition) is 6. The van der Waals surface area contributed by atoms with Gasteiger partial charge in [0.1, 0.15) is 11.5 Å². The van der Waals surface area contributed by atoms with Crippen LogP contribution in [0, 0.1) is 5.41 Å². The fourth-order valence-corrected chi connectivity index (χ4v) is 2.34. The number of methoxy groups -OCH3 is 2. The lowest BCUT2D eigenvalue weighted by Crippen LogP contribution is -2.37. The van der Waals surface area contributed by atoms with Crippen molar-refractivity contribution in [3.63, 3.8) is 0 Å². The van der Waals surface area contributed by atoms with Gasteiger partial charge in [-0.25, -0.2) is 0 Å². The van der Waals surface area contributed by atoms with Crippen LogP contribution in [0.2, 0.25) is 0 Å². The predicted molar refractivity (Wildman–Crippen MR) is 86.7 cm³/mol. The van der Waals surface area contributed by atoms with Gasteiger partial charge in [0, 0.05) is 18.6 Å². The van der Waals surface area contributed by atoms with Crippen LogP contribution >= 0.6 is 12.4 Å². The second-order valence-electron chi connectivity index (χ2n) is 4.89. The molecule has 0 saturated carbocycles. The van der Waals surface area contributed by atoms with Gasteiger partial charge in [-0.15, -0.1) is 12.4 Å². The van der Waals surface area contributed by atoms with Gasteiger partial charge in [0.2, 0.25) is 5.69 Å². The van der Waals surface area contributed by atoms with Crippen molar-refractivity contribution in [3.05, 3.63) is 47.9 Å². The van der Waals surface area contributed by atoms with Crippen molar-refractivity contribution < 1.29 is 23.8 Å². The Bertz CT molecular complexity index is 809. The first-order chi connectivity index (χ1) is 11.1. The monoisotopic (exact) mass is 349 g/mol. The summed E-state index contributed by atoms with van der Waals surface area (Å²) in [4.78, 5) is 0. The number of aromatic nitrogens is 2. The van der Waals surface area contributed by atoms with E-state index in [2.05, 4.69) is 5.27 Å². The number of allylic oxidation sites excluding steroid dienone is 4. The summed E-state index contributed by atoms with van der Waals surface area (Å²) in [5.74, 6) is 0.767. The summed E-state index contributed by atoms with van der Waals surface area (Å²) in [6.07, 6.45) is 3.71. The minimum atomic E-state index is -0.592. The van der Waals surface area contributed by atoms with Crippen LogP contribution in [-0.4, -0.2) is 25.2 Å². The SMILES string of the molecule is COC1=CC=C(c2c([O-])on[n+]2-c2ccc(OC)cc2)C(=N)C1.Cl. The maximum atomic E-state index is 12.1. The van der Waals surface area contributed by atoms with Crippen LogP contribution in [0.5, 0.6) is 11.7 Å². The first-order valence-electron chi connectivity index (χ1n) is 6.90. The van der Waals surface area contributed by atoms with Crippen molar-refractivity contribution >= 4 is 23.7 Å². The van der Waals surface area contributed by atoms with Crippen molar-refractivity contribution in [1.82, 2.24) is 5.27 Å². The highest BCUT2D eigenvalue weighted by Crippen LogP contribution is 2.27. The normalized spacial score (nSPS) is 13.7. The van der Waals surface area contributed by atoms with Gasteiger partial charge in [0.15, 0.2) is 5.95 Å². The van der Waals surface area contributed by atoms with Crippen molar-refractivity contribution in [2.24, 2.45) is 0 Å². The maximum Gasteiger partial charge on any atom is 0.272 e. The highest BCUT2D eigenvalue weighted by molar-refractivity contribution is 6.23. The molecule has 7 nitrogen and oxygen atoms in total. The molecular weight excluding hydrogens is 334 g/mol. The van der Waals surface area contributed by atoms with E-state index in [1.807, 2.05) is 0 Å². The van der Waals surface area contributed by atoms with E-state index >= 15 is 0 Å². The molecule has 0 amide bonds. The minimum Gasteiger partial charge on any atom is -0.539 e. The maximum absolute atomic E-state index is 12.1. The molecule has 1 heterocycles. The minimum absolute atomic E-state index is 0. The van der Waals surface area contributed by atoms with E-state index in [0.717, 1.165) is 0 Å². The van der Waals surface area contributed by atoms with E-state index < -0.39 is 5.95 Å². The molecule has 24 heavy (non-hydrogen) atoms. The van der Waals surface area contributed by atoms with Gasteiger partial charge in [0.05, 0.1) is 30.8 Å². The molecule has 1 N–H and O–H groups in total. The van der Waals surface area contributed by atoms with Crippen LogP contribution in [0.3, 0.4) is 0 Å². The van der Waals surface area contributed by atoms with E-state index in [4.69, 9.17) is 19.4 Å². The lowest BCUT2D eigenvalue weighted by atomic mass is 9.98. The van der Waals surface area contributed by atoms with Gasteiger partial charge in [-0.3, -0.25) is 0 Å². The summed E-state index contributed by atoms with van der Waals surface area (Å²) in [7, 11) is 3.13. The molecule has 3 rings (SSSR count). The third kappa shape index (κ3) is 3.11. The largest absolute Gasteiger partial charge is 0.539 e. The lowest BCUT2D eigenvalue weighted by Gasteiger charge is -2.13. The molecule has 1 aromatic heterocycles. The standard InChI is InChI=1S/C16H15N3O4.ClH/c1-21-11-5-3-10(4-6-11)19-15(16(20)23-18-19)13-8-7-12(22-2)9-14(13)17;/h3-8,17H,9H2,1-2H3;1H. The van der Waals surface area contributed by atoms with Crippen molar-refractivity contribution in [3.8, 4) is 17.4 Å². The van der Waals surface area contributed by atoms with Gasteiger partial charge in [-0.1, -0.05) is 0 Å². The van der Waals surface area contributed by atoms with E-state index in [1.165, 1.54) is 4.68 Å². The highest BCUT2D eigenvalue weighted by Gasteiger charge is 2.28. The average molecular weight is 350 g/mol. The molecule has 0 bridgehead atoms. The quantitative estimate of drug-likeness (QED) is 0.849. The fraction of sp³-hybridized carbons (Fsp3) is 0.188. The molecule has 0 aliphatic heterocycles. The number of hydrogen-bond donors (Lipinski definition) is 1. The van der Waals surface area contributed by atoms with Crippen LogP contribution in [-0.2, 0) is 4.74 Å². The van der Waals surface area contributed by atoms with Crippen molar-refractivity contribution in [1.29, 1.82) is 5.41 Å². The zero-order chi connectivity index (χ0) is 16.4. The van der Waals surface area contributed by atoms with Gasteiger partial charge in [0.25, 0.3) is 5.69 Å². The lowest BCUT2D eigenvalue weighted by molar-refractivity contribution is -0.672. The fourth-order valence-electron chi connectivity index (χ4n) is 2.34. The molecule has 8 heteroatoms. The van der Waals surface area contributed by atoms with E-state index in [1.54, 1.807) is 50.6 Å². The predicted octanol–water partition coefficient (Wildman–Crippen LogP) is 1.79. The Labute approximate surface area is 144 Å². The molecule has 1 aliphatic rings. The molecule has 0 saturated heterocycles. The molecule has 0 spiro atoms. The molecule has 1 aromatic carbocycles. The summed E-state index contributed by atoms with van der Waals surface area (Å²) in [6, 6.07) is 7.03. The van der Waals surface area contributed by atoms with E-state index in [0.29, 0.717) is 29.2 Å². The zero-order valence-corrected chi connectivity index (χ0v) is 13.9. The average Bonchev–Trinajstić information content (AvgIpc) is 2.96. The number of nitrogens with zero attached hydrogens (tertiary/aromatic N) is 2. The Kier molecular flexibility index (Phi) is 5.25. The summed E-state index contributed by atoms with van der Waals surface area (Å²) >= 11 is 0. The van der Waals surface area contributed by atoms with Crippen molar-refractivity contribution in [2.45, 2.75) is 6.42 Å². The first-order valence-corrected chi connectivity index (χ1v) is 6.90. The smallest absolute Gasteiger partial charge is 0.272 e. The highest BCUT2D eigenvalue weighted by atomic mass is 35.5. The first kappa shape index (κ1) is 17.6. The van der Waals surface area contributed by atoms with Gasteiger partial charge < -0.3 is 24.5 Å². The molecule has 0 unspecified atom stereocenters. The van der Waals surface area contributed by atoms with Gasteiger partial charge in [-0.05, 0) is 29.0 Å². The summed E-state index contributed by atoms with van der Waals surface area (Å²) in [5, 5.41) is 24.0. The molecule has 0 atom stereocenters. The Hall–Kier alpha value is -2.80. The van der Waals surface area contributed by atoms with Crippen LogP contribution in [0.4, 0.5) is 0 Å². The number of halogens is 1. The molecule has 0 radical (unpaired) electrons. The third-order valence-electron chi connectivity index (χ3n) is 3.56. The Morgan fingerprint density at radius 2 is 1.88 bits per heavy atom. The Morgan fingerprint density at radius 1 is 1.17 bits per heavy atom. The topological polar surface area (TPSA) is 95.3 Å². The summed E-state index contributed by atoms with van der Waals surface area (Å²) in [6.45, 7) is 0.